The normalized spacial score (nSPS) is 11.0. The zero-order valence-corrected chi connectivity index (χ0v) is 12.7. The van der Waals surface area contributed by atoms with Crippen LogP contribution in [0.2, 0.25) is 10.0 Å². The van der Waals surface area contributed by atoms with E-state index in [0.29, 0.717) is 10.0 Å². The van der Waals surface area contributed by atoms with Gasteiger partial charge in [0.15, 0.2) is 0 Å². The molecule has 2 aromatic carbocycles. The van der Waals surface area contributed by atoms with Gasteiger partial charge in [0.1, 0.15) is 0 Å². The monoisotopic (exact) mass is 293 g/mol. The zero-order valence-electron chi connectivity index (χ0n) is 11.2. The number of hydrogen-bond donors (Lipinski definition) is 0. The molecular weight excluding hydrogens is 277 g/mol. The number of likely N-dealkylation sites (N-methyl/N-ethyl adjacent to an activating group) is 1. The molecule has 0 saturated heterocycles. The Hall–Kier alpha value is -1.02. The fourth-order valence-corrected chi connectivity index (χ4v) is 2.60. The highest BCUT2D eigenvalue weighted by Gasteiger charge is 2.07. The molecule has 2 rings (SSSR count). The summed E-state index contributed by atoms with van der Waals surface area (Å²) in [5.41, 5.74) is 3.59. The molecule has 0 aromatic heterocycles. The third-order valence-corrected chi connectivity index (χ3v) is 3.46. The van der Waals surface area contributed by atoms with Crippen molar-refractivity contribution in [2.75, 3.05) is 20.6 Å². The van der Waals surface area contributed by atoms with Crippen LogP contribution >= 0.6 is 23.2 Å². The summed E-state index contributed by atoms with van der Waals surface area (Å²) in [6.07, 6.45) is 1.01. The quantitative estimate of drug-likeness (QED) is 0.785. The Morgan fingerprint density at radius 1 is 0.947 bits per heavy atom. The maximum absolute atomic E-state index is 6.09. The van der Waals surface area contributed by atoms with Crippen LogP contribution in [0, 0.1) is 0 Å². The molecule has 0 saturated carbocycles. The lowest BCUT2D eigenvalue weighted by atomic mass is 9.97. The SMILES string of the molecule is CN(C)CCc1ccccc1-c1cc(Cl)cc(Cl)c1. The van der Waals surface area contributed by atoms with Gasteiger partial charge in [-0.15, -0.1) is 0 Å². The highest BCUT2D eigenvalue weighted by molar-refractivity contribution is 6.35. The summed E-state index contributed by atoms with van der Waals surface area (Å²) < 4.78 is 0. The number of halogens is 2. The fourth-order valence-electron chi connectivity index (χ4n) is 2.07. The van der Waals surface area contributed by atoms with Gasteiger partial charge in [-0.05, 0) is 55.4 Å². The van der Waals surface area contributed by atoms with Gasteiger partial charge in [0.05, 0.1) is 0 Å². The van der Waals surface area contributed by atoms with Crippen LogP contribution in [0.5, 0.6) is 0 Å². The molecule has 0 aliphatic rings. The lowest BCUT2D eigenvalue weighted by molar-refractivity contribution is 0.414. The first-order chi connectivity index (χ1) is 9.06. The summed E-state index contributed by atoms with van der Waals surface area (Å²) in [5.74, 6) is 0. The van der Waals surface area contributed by atoms with Crippen LogP contribution in [0.1, 0.15) is 5.56 Å². The van der Waals surface area contributed by atoms with Crippen LogP contribution < -0.4 is 0 Å². The lowest BCUT2D eigenvalue weighted by Gasteiger charge is -2.13. The van der Waals surface area contributed by atoms with Crippen molar-refractivity contribution in [3.05, 3.63) is 58.1 Å². The minimum Gasteiger partial charge on any atom is -0.309 e. The Morgan fingerprint density at radius 3 is 2.21 bits per heavy atom. The topological polar surface area (TPSA) is 3.24 Å². The van der Waals surface area contributed by atoms with Gasteiger partial charge >= 0.3 is 0 Å². The maximum atomic E-state index is 6.09. The predicted molar refractivity (Wildman–Crippen MR) is 84.2 cm³/mol. The van der Waals surface area contributed by atoms with E-state index < -0.39 is 0 Å². The Balaban J connectivity index is 2.38. The molecule has 0 radical (unpaired) electrons. The van der Waals surface area contributed by atoms with Gasteiger partial charge in [0.2, 0.25) is 0 Å². The molecule has 0 fully saturated rings. The van der Waals surface area contributed by atoms with Crippen molar-refractivity contribution in [1.82, 2.24) is 4.90 Å². The molecule has 3 heteroatoms. The van der Waals surface area contributed by atoms with Gasteiger partial charge in [0, 0.05) is 16.6 Å². The van der Waals surface area contributed by atoms with Crippen molar-refractivity contribution in [3.8, 4) is 11.1 Å². The number of rotatable bonds is 4. The van der Waals surface area contributed by atoms with Gasteiger partial charge in [-0.1, -0.05) is 47.5 Å². The Bertz CT molecular complexity index is 544. The van der Waals surface area contributed by atoms with Gasteiger partial charge in [0.25, 0.3) is 0 Å². The lowest BCUT2D eigenvalue weighted by Crippen LogP contribution is -2.15. The molecule has 0 unspecified atom stereocenters. The van der Waals surface area contributed by atoms with Gasteiger partial charge in [-0.2, -0.15) is 0 Å². The summed E-state index contributed by atoms with van der Waals surface area (Å²) in [5, 5.41) is 1.34. The van der Waals surface area contributed by atoms with Crippen LogP contribution in [0.3, 0.4) is 0 Å². The number of nitrogens with zero attached hydrogens (tertiary/aromatic N) is 1. The molecule has 0 amide bonds. The van der Waals surface area contributed by atoms with Crippen LogP contribution in [-0.2, 0) is 6.42 Å². The summed E-state index contributed by atoms with van der Waals surface area (Å²) >= 11 is 12.2. The molecule has 0 bridgehead atoms. The standard InChI is InChI=1S/C16H17Cl2N/c1-19(2)8-7-12-5-3-4-6-16(12)13-9-14(17)11-15(18)10-13/h3-6,9-11H,7-8H2,1-2H3. The molecule has 0 aliphatic carbocycles. The van der Waals surface area contributed by atoms with E-state index in [1.54, 1.807) is 6.07 Å². The van der Waals surface area contributed by atoms with Gasteiger partial charge in [-0.25, -0.2) is 0 Å². The van der Waals surface area contributed by atoms with Gasteiger partial charge in [-0.3, -0.25) is 0 Å². The molecule has 0 atom stereocenters. The highest BCUT2D eigenvalue weighted by Crippen LogP contribution is 2.29. The Kier molecular flexibility index (Phi) is 4.87. The third kappa shape index (κ3) is 3.97. The molecule has 0 spiro atoms. The largest absolute Gasteiger partial charge is 0.309 e. The summed E-state index contributed by atoms with van der Waals surface area (Å²) in [4.78, 5) is 2.18. The average Bonchev–Trinajstić information content (AvgIpc) is 2.35. The molecule has 100 valence electrons. The van der Waals surface area contributed by atoms with E-state index in [9.17, 15) is 0 Å². The first-order valence-corrected chi connectivity index (χ1v) is 7.01. The van der Waals surface area contributed by atoms with E-state index in [-0.39, 0.29) is 0 Å². The van der Waals surface area contributed by atoms with Crippen LogP contribution in [0.25, 0.3) is 11.1 Å². The van der Waals surface area contributed by atoms with Crippen molar-refractivity contribution in [1.29, 1.82) is 0 Å². The van der Waals surface area contributed by atoms with E-state index >= 15 is 0 Å². The molecule has 0 N–H and O–H groups in total. The van der Waals surface area contributed by atoms with Crippen LogP contribution in [-0.4, -0.2) is 25.5 Å². The minimum absolute atomic E-state index is 0.671. The van der Waals surface area contributed by atoms with Crippen molar-refractivity contribution in [2.45, 2.75) is 6.42 Å². The second-order valence-corrected chi connectivity index (χ2v) is 5.74. The van der Waals surface area contributed by atoms with E-state index in [1.165, 1.54) is 11.1 Å². The van der Waals surface area contributed by atoms with E-state index in [2.05, 4.69) is 37.2 Å². The molecule has 0 aliphatic heterocycles. The first kappa shape index (κ1) is 14.4. The maximum Gasteiger partial charge on any atom is 0.0426 e. The van der Waals surface area contributed by atoms with E-state index in [4.69, 9.17) is 23.2 Å². The second kappa shape index (κ2) is 6.42. The smallest absolute Gasteiger partial charge is 0.0426 e. The molecule has 0 heterocycles. The minimum atomic E-state index is 0.671. The average molecular weight is 294 g/mol. The summed E-state index contributed by atoms with van der Waals surface area (Å²) in [7, 11) is 4.16. The van der Waals surface area contributed by atoms with Crippen molar-refractivity contribution >= 4 is 23.2 Å². The fraction of sp³-hybridized carbons (Fsp3) is 0.250. The van der Waals surface area contributed by atoms with E-state index in [0.717, 1.165) is 18.5 Å². The molecule has 2 aromatic rings. The van der Waals surface area contributed by atoms with Crippen molar-refractivity contribution in [2.24, 2.45) is 0 Å². The highest BCUT2D eigenvalue weighted by atomic mass is 35.5. The predicted octanol–water partition coefficient (Wildman–Crippen LogP) is 4.76. The molecule has 19 heavy (non-hydrogen) atoms. The van der Waals surface area contributed by atoms with Gasteiger partial charge < -0.3 is 4.90 Å². The van der Waals surface area contributed by atoms with Crippen molar-refractivity contribution in [3.63, 3.8) is 0 Å². The second-order valence-electron chi connectivity index (χ2n) is 4.87. The van der Waals surface area contributed by atoms with Crippen molar-refractivity contribution < 1.29 is 0 Å². The zero-order chi connectivity index (χ0) is 13.8. The molecule has 1 nitrogen and oxygen atoms in total. The van der Waals surface area contributed by atoms with Crippen LogP contribution in [0.15, 0.2) is 42.5 Å². The Labute approximate surface area is 124 Å². The molecular formula is C16H17Cl2N. The third-order valence-electron chi connectivity index (χ3n) is 3.02. The van der Waals surface area contributed by atoms with Crippen LogP contribution in [0.4, 0.5) is 0 Å². The summed E-state index contributed by atoms with van der Waals surface area (Å²) in [6.45, 7) is 1.02. The summed E-state index contributed by atoms with van der Waals surface area (Å²) in [6, 6.07) is 14.1. The number of hydrogen-bond acceptors (Lipinski definition) is 1. The number of benzene rings is 2. The Morgan fingerprint density at radius 2 is 1.58 bits per heavy atom. The van der Waals surface area contributed by atoms with E-state index in [1.807, 2.05) is 18.2 Å². The first-order valence-electron chi connectivity index (χ1n) is 6.25.